The summed E-state index contributed by atoms with van der Waals surface area (Å²) < 4.78 is 16.0. The number of carbonyl (C=O) groups excluding carboxylic acids is 2. The van der Waals surface area contributed by atoms with E-state index in [0.29, 0.717) is 28.6 Å². The van der Waals surface area contributed by atoms with Crippen LogP contribution >= 0.6 is 0 Å². The van der Waals surface area contributed by atoms with Crippen LogP contribution in [0, 0.1) is 6.92 Å². The number of carbonyl (C=O) groups is 2. The van der Waals surface area contributed by atoms with E-state index in [0.717, 1.165) is 10.5 Å². The van der Waals surface area contributed by atoms with E-state index in [-0.39, 0.29) is 25.1 Å². The molecular formula is C21H16N6O5. The molecule has 1 saturated heterocycles. The highest BCUT2D eigenvalue weighted by atomic mass is 16.7. The van der Waals surface area contributed by atoms with Crippen molar-refractivity contribution in [3.05, 3.63) is 53.9 Å². The second-order valence-electron chi connectivity index (χ2n) is 7.62. The number of rotatable bonds is 4. The molecular weight excluding hydrogens is 416 g/mol. The van der Waals surface area contributed by atoms with Crippen LogP contribution in [-0.2, 0) is 16.1 Å². The van der Waals surface area contributed by atoms with E-state index in [9.17, 15) is 9.59 Å². The maximum absolute atomic E-state index is 13.1. The molecule has 3 aromatic rings. The predicted octanol–water partition coefficient (Wildman–Crippen LogP) is 2.27. The Balaban J connectivity index is 1.22. The maximum atomic E-state index is 13.1. The Hall–Kier alpha value is -4.28. The van der Waals surface area contributed by atoms with Crippen molar-refractivity contribution in [3.8, 4) is 22.9 Å². The highest BCUT2D eigenvalue weighted by molar-refractivity contribution is 6.25. The Morgan fingerprint density at radius 3 is 2.69 bits per heavy atom. The van der Waals surface area contributed by atoms with Crippen molar-refractivity contribution in [2.45, 2.75) is 25.6 Å². The van der Waals surface area contributed by atoms with Crippen LogP contribution in [0.15, 0.2) is 57.3 Å². The summed E-state index contributed by atoms with van der Waals surface area (Å²) in [5.74, 6) is 1.08. The van der Waals surface area contributed by atoms with Gasteiger partial charge in [0.25, 0.3) is 11.8 Å². The van der Waals surface area contributed by atoms with E-state index in [2.05, 4.69) is 20.5 Å². The minimum Gasteiger partial charge on any atom is -0.454 e. The second-order valence-corrected chi connectivity index (χ2v) is 7.62. The van der Waals surface area contributed by atoms with Gasteiger partial charge in [0.05, 0.1) is 5.69 Å². The number of nitrogens with zero attached hydrogens (tertiary/aromatic N) is 6. The van der Waals surface area contributed by atoms with E-state index < -0.39 is 18.0 Å². The summed E-state index contributed by atoms with van der Waals surface area (Å²) in [7, 11) is 0. The fourth-order valence-corrected chi connectivity index (χ4v) is 3.91. The van der Waals surface area contributed by atoms with Gasteiger partial charge in [-0.25, -0.2) is 4.90 Å². The van der Waals surface area contributed by atoms with E-state index in [1.54, 1.807) is 30.3 Å². The Morgan fingerprint density at radius 2 is 1.84 bits per heavy atom. The van der Waals surface area contributed by atoms with Crippen molar-refractivity contribution in [2.24, 2.45) is 10.3 Å². The average molecular weight is 432 g/mol. The molecule has 0 N–H and O–H groups in total. The Labute approximate surface area is 181 Å². The average Bonchev–Trinajstić information content (AvgIpc) is 3.57. The fourth-order valence-electron chi connectivity index (χ4n) is 3.91. The zero-order chi connectivity index (χ0) is 21.8. The molecule has 0 aliphatic carbocycles. The lowest BCUT2D eigenvalue weighted by Crippen LogP contribution is -2.39. The van der Waals surface area contributed by atoms with Crippen molar-refractivity contribution in [2.75, 3.05) is 11.7 Å². The van der Waals surface area contributed by atoms with Crippen LogP contribution in [0.1, 0.15) is 11.5 Å². The summed E-state index contributed by atoms with van der Waals surface area (Å²) in [6.45, 7) is 2.15. The second kappa shape index (κ2) is 6.87. The van der Waals surface area contributed by atoms with Gasteiger partial charge in [-0.3, -0.25) is 14.6 Å². The summed E-state index contributed by atoms with van der Waals surface area (Å²) in [6, 6.07) is 10.8. The number of anilines is 1. The first kappa shape index (κ1) is 18.5. The molecule has 0 saturated carbocycles. The molecule has 2 amide bonds. The third kappa shape index (κ3) is 2.82. The highest BCUT2D eigenvalue weighted by Gasteiger charge is 2.55. The number of imide groups is 1. The number of ether oxygens (including phenoxy) is 2. The van der Waals surface area contributed by atoms with E-state index >= 15 is 0 Å². The predicted molar refractivity (Wildman–Crippen MR) is 108 cm³/mol. The van der Waals surface area contributed by atoms with Crippen LogP contribution < -0.4 is 14.4 Å². The number of amides is 2. The molecule has 11 heteroatoms. The molecule has 3 aliphatic heterocycles. The Kier molecular flexibility index (Phi) is 3.97. The summed E-state index contributed by atoms with van der Waals surface area (Å²) in [5, 5.41) is 13.4. The molecule has 2 aromatic carbocycles. The first-order chi connectivity index (χ1) is 15.6. The highest BCUT2D eigenvalue weighted by Crippen LogP contribution is 2.36. The minimum absolute atomic E-state index is 0.0446. The SMILES string of the molecule is Cc1ccc(N2C(=O)[C@@H]3N=NN(Cc4nc(-c5ccc6c(c5)OCO6)no4)[C@H]3C2=O)cc1. The van der Waals surface area contributed by atoms with Gasteiger partial charge in [-0.2, -0.15) is 10.1 Å². The van der Waals surface area contributed by atoms with Gasteiger partial charge in [0.15, 0.2) is 23.6 Å². The van der Waals surface area contributed by atoms with Gasteiger partial charge in [-0.1, -0.05) is 28.1 Å². The number of hydrogen-bond acceptors (Lipinski definition) is 10. The van der Waals surface area contributed by atoms with E-state index in [4.69, 9.17) is 14.0 Å². The van der Waals surface area contributed by atoms with Crippen LogP contribution in [0.2, 0.25) is 0 Å². The van der Waals surface area contributed by atoms with Gasteiger partial charge in [-0.15, -0.1) is 0 Å². The summed E-state index contributed by atoms with van der Waals surface area (Å²) in [5.41, 5.74) is 2.24. The monoisotopic (exact) mass is 432 g/mol. The molecule has 11 nitrogen and oxygen atoms in total. The van der Waals surface area contributed by atoms with Crippen molar-refractivity contribution in [3.63, 3.8) is 0 Å². The van der Waals surface area contributed by atoms with Crippen molar-refractivity contribution >= 4 is 17.5 Å². The minimum atomic E-state index is -0.889. The van der Waals surface area contributed by atoms with Gasteiger partial charge in [0.1, 0.15) is 6.54 Å². The Morgan fingerprint density at radius 1 is 1.03 bits per heavy atom. The van der Waals surface area contributed by atoms with Crippen molar-refractivity contribution in [1.29, 1.82) is 0 Å². The third-order valence-electron chi connectivity index (χ3n) is 5.55. The Bertz CT molecular complexity index is 1270. The number of aromatic nitrogens is 2. The molecule has 1 fully saturated rings. The number of fused-ring (bicyclic) bond motifs is 2. The molecule has 0 bridgehead atoms. The van der Waals surface area contributed by atoms with Gasteiger partial charge in [0.2, 0.25) is 18.5 Å². The maximum Gasteiger partial charge on any atom is 0.263 e. The van der Waals surface area contributed by atoms with Crippen LogP contribution in [0.25, 0.3) is 11.4 Å². The normalized spacial score (nSPS) is 21.0. The quantitative estimate of drug-likeness (QED) is 0.576. The first-order valence-corrected chi connectivity index (χ1v) is 9.93. The zero-order valence-corrected chi connectivity index (χ0v) is 16.8. The molecule has 1 aromatic heterocycles. The van der Waals surface area contributed by atoms with Crippen LogP contribution in [-0.4, -0.2) is 45.8 Å². The number of aryl methyl sites for hydroxylation is 1. The summed E-state index contributed by atoms with van der Waals surface area (Å²) >= 11 is 0. The van der Waals surface area contributed by atoms with Crippen molar-refractivity contribution < 1.29 is 23.6 Å². The standard InChI is InChI=1S/C21H16N6O5/c1-11-2-5-13(6-3-11)27-20(28)17-18(21(27)29)26(25-23-17)9-16-22-19(24-32-16)12-4-7-14-15(8-12)31-10-30-14/h2-8,17-18H,9-10H2,1H3/t17-,18-/m1/s1. The van der Waals surface area contributed by atoms with E-state index in [1.807, 2.05) is 19.1 Å². The molecule has 32 heavy (non-hydrogen) atoms. The first-order valence-electron chi connectivity index (χ1n) is 9.93. The molecule has 0 spiro atoms. The summed E-state index contributed by atoms with van der Waals surface area (Å²) in [4.78, 5) is 31.4. The molecule has 3 aliphatic rings. The smallest absolute Gasteiger partial charge is 0.263 e. The number of benzene rings is 2. The van der Waals surface area contributed by atoms with Gasteiger partial charge in [0, 0.05) is 5.56 Å². The van der Waals surface area contributed by atoms with Gasteiger partial charge < -0.3 is 14.0 Å². The third-order valence-corrected chi connectivity index (χ3v) is 5.55. The van der Waals surface area contributed by atoms with Gasteiger partial charge in [-0.05, 0) is 37.3 Å². The largest absolute Gasteiger partial charge is 0.454 e. The summed E-state index contributed by atoms with van der Waals surface area (Å²) in [6.07, 6.45) is 0. The molecule has 0 radical (unpaired) electrons. The lowest BCUT2D eigenvalue weighted by molar-refractivity contribution is -0.123. The lowest BCUT2D eigenvalue weighted by atomic mass is 10.1. The molecule has 0 unspecified atom stereocenters. The zero-order valence-electron chi connectivity index (χ0n) is 16.8. The molecule has 6 rings (SSSR count). The van der Waals surface area contributed by atoms with Crippen LogP contribution in [0.3, 0.4) is 0 Å². The van der Waals surface area contributed by atoms with Crippen molar-refractivity contribution in [1.82, 2.24) is 15.1 Å². The van der Waals surface area contributed by atoms with Crippen LogP contribution in [0.5, 0.6) is 11.5 Å². The molecule has 160 valence electrons. The topological polar surface area (TPSA) is 123 Å². The molecule has 2 atom stereocenters. The molecule has 4 heterocycles. The fraction of sp³-hybridized carbons (Fsp3) is 0.238. The lowest BCUT2D eigenvalue weighted by Gasteiger charge is -2.19. The van der Waals surface area contributed by atoms with Gasteiger partial charge >= 0.3 is 0 Å². The van der Waals surface area contributed by atoms with Crippen LogP contribution in [0.4, 0.5) is 5.69 Å². The van der Waals surface area contributed by atoms with E-state index in [1.165, 1.54) is 5.01 Å². The number of hydrogen-bond donors (Lipinski definition) is 0.